The van der Waals surface area contributed by atoms with Crippen LogP contribution in [0.1, 0.15) is 23.7 Å². The molecule has 2 rings (SSSR count). The fraction of sp³-hybridized carbons (Fsp3) is 0.267. The smallest absolute Gasteiger partial charge is 0.256 e. The number of halogens is 1. The molecule has 1 aromatic carbocycles. The Hall–Kier alpha value is -2.12. The van der Waals surface area contributed by atoms with Crippen LogP contribution in [0.25, 0.3) is 10.8 Å². The third kappa shape index (κ3) is 2.73. The third-order valence-electron chi connectivity index (χ3n) is 3.02. The van der Waals surface area contributed by atoms with Crippen LogP contribution in [0.3, 0.4) is 0 Å². The summed E-state index contributed by atoms with van der Waals surface area (Å²) in [7, 11) is 0. The van der Waals surface area contributed by atoms with Crippen molar-refractivity contribution in [3.63, 3.8) is 0 Å². The van der Waals surface area contributed by atoms with Crippen molar-refractivity contribution in [1.29, 1.82) is 5.26 Å². The number of hydrogen-bond acceptors (Lipinski definition) is 3. The summed E-state index contributed by atoms with van der Waals surface area (Å²) in [5, 5.41) is 10.7. The van der Waals surface area contributed by atoms with Gasteiger partial charge in [-0.25, -0.2) is 4.98 Å². The summed E-state index contributed by atoms with van der Waals surface area (Å²) in [6, 6.07) is 9.39. The monoisotopic (exact) mass is 287 g/mol. The maximum Gasteiger partial charge on any atom is 0.256 e. The number of benzene rings is 1. The van der Waals surface area contributed by atoms with Gasteiger partial charge in [0, 0.05) is 18.1 Å². The topological polar surface area (TPSA) is 57.0 Å². The number of carbonyl (C=O) groups is 1. The lowest BCUT2D eigenvalue weighted by Crippen LogP contribution is -2.32. The van der Waals surface area contributed by atoms with Gasteiger partial charge in [0.15, 0.2) is 0 Å². The van der Waals surface area contributed by atoms with Crippen LogP contribution in [-0.2, 0) is 0 Å². The Bertz CT molecular complexity index is 678. The molecular formula is C15H14ClN3O. The van der Waals surface area contributed by atoms with E-state index in [1.54, 1.807) is 0 Å². The number of hydrogen-bond donors (Lipinski definition) is 0. The zero-order chi connectivity index (χ0) is 14.5. The standard InChI is InChI=1S/C15H14ClN3O/c1-2-8-19(9-7-17)15(20)13-10-18-14(16)12-6-4-3-5-11(12)13/h3-6,10H,2,8-9H2,1H3. The average molecular weight is 288 g/mol. The first kappa shape index (κ1) is 14.3. The molecule has 0 aliphatic rings. The van der Waals surface area contributed by atoms with E-state index in [2.05, 4.69) is 4.98 Å². The number of carbonyl (C=O) groups excluding carboxylic acids is 1. The Morgan fingerprint density at radius 3 is 2.75 bits per heavy atom. The van der Waals surface area contributed by atoms with E-state index in [0.717, 1.165) is 17.2 Å². The van der Waals surface area contributed by atoms with E-state index in [9.17, 15) is 4.79 Å². The van der Waals surface area contributed by atoms with Crippen LogP contribution in [0.4, 0.5) is 0 Å². The van der Waals surface area contributed by atoms with Crippen molar-refractivity contribution in [2.24, 2.45) is 0 Å². The number of nitriles is 1. The molecule has 1 heterocycles. The van der Waals surface area contributed by atoms with Crippen molar-refractivity contribution in [3.8, 4) is 6.07 Å². The van der Waals surface area contributed by atoms with E-state index in [-0.39, 0.29) is 12.5 Å². The largest absolute Gasteiger partial charge is 0.325 e. The van der Waals surface area contributed by atoms with Gasteiger partial charge in [-0.15, -0.1) is 0 Å². The minimum atomic E-state index is -0.186. The molecule has 102 valence electrons. The molecule has 0 radical (unpaired) electrons. The fourth-order valence-corrected chi connectivity index (χ4v) is 2.32. The molecule has 1 amide bonds. The van der Waals surface area contributed by atoms with Crippen LogP contribution >= 0.6 is 11.6 Å². The van der Waals surface area contributed by atoms with Crippen LogP contribution in [0.15, 0.2) is 30.5 Å². The Kier molecular flexibility index (Phi) is 4.54. The predicted molar refractivity (Wildman–Crippen MR) is 78.6 cm³/mol. The van der Waals surface area contributed by atoms with E-state index in [0.29, 0.717) is 17.3 Å². The van der Waals surface area contributed by atoms with Gasteiger partial charge in [-0.2, -0.15) is 5.26 Å². The molecule has 0 N–H and O–H groups in total. The number of aromatic nitrogens is 1. The molecule has 0 aliphatic heterocycles. The van der Waals surface area contributed by atoms with E-state index < -0.39 is 0 Å². The van der Waals surface area contributed by atoms with E-state index in [1.807, 2.05) is 37.3 Å². The lowest BCUT2D eigenvalue weighted by atomic mass is 10.1. The summed E-state index contributed by atoms with van der Waals surface area (Å²) in [6.07, 6.45) is 2.28. The van der Waals surface area contributed by atoms with Crippen LogP contribution < -0.4 is 0 Å². The van der Waals surface area contributed by atoms with E-state index in [4.69, 9.17) is 16.9 Å². The molecule has 4 nitrogen and oxygen atoms in total. The minimum Gasteiger partial charge on any atom is -0.325 e. The van der Waals surface area contributed by atoms with Gasteiger partial charge in [0.25, 0.3) is 5.91 Å². The normalized spacial score (nSPS) is 10.2. The van der Waals surface area contributed by atoms with Gasteiger partial charge in [-0.3, -0.25) is 4.79 Å². The van der Waals surface area contributed by atoms with Crippen molar-refractivity contribution < 1.29 is 4.79 Å². The van der Waals surface area contributed by atoms with Crippen LogP contribution in [-0.4, -0.2) is 28.9 Å². The second-order valence-electron chi connectivity index (χ2n) is 4.39. The van der Waals surface area contributed by atoms with Crippen molar-refractivity contribution in [3.05, 3.63) is 41.2 Å². The third-order valence-corrected chi connectivity index (χ3v) is 3.32. The molecule has 20 heavy (non-hydrogen) atoms. The highest BCUT2D eigenvalue weighted by atomic mass is 35.5. The molecule has 0 aliphatic carbocycles. The summed E-state index contributed by atoms with van der Waals surface area (Å²) in [6.45, 7) is 2.59. The van der Waals surface area contributed by atoms with Gasteiger partial charge >= 0.3 is 0 Å². The van der Waals surface area contributed by atoms with E-state index >= 15 is 0 Å². The zero-order valence-electron chi connectivity index (χ0n) is 11.1. The maximum atomic E-state index is 12.5. The highest BCUT2D eigenvalue weighted by Crippen LogP contribution is 2.25. The number of nitrogens with zero attached hydrogens (tertiary/aromatic N) is 3. The molecule has 0 unspecified atom stereocenters. The Labute approximate surface area is 122 Å². The molecule has 5 heteroatoms. The zero-order valence-corrected chi connectivity index (χ0v) is 11.9. The molecule has 0 saturated carbocycles. The van der Waals surface area contributed by atoms with Gasteiger partial charge < -0.3 is 4.90 Å². The Balaban J connectivity index is 2.49. The highest BCUT2D eigenvalue weighted by molar-refractivity contribution is 6.34. The summed E-state index contributed by atoms with van der Waals surface area (Å²) >= 11 is 6.05. The lowest BCUT2D eigenvalue weighted by molar-refractivity contribution is 0.0777. The molecular weight excluding hydrogens is 274 g/mol. The van der Waals surface area contributed by atoms with Crippen LogP contribution in [0.5, 0.6) is 0 Å². The Morgan fingerprint density at radius 1 is 1.40 bits per heavy atom. The molecule has 2 aromatic rings. The van der Waals surface area contributed by atoms with Crippen molar-refractivity contribution >= 4 is 28.3 Å². The van der Waals surface area contributed by atoms with E-state index in [1.165, 1.54) is 11.1 Å². The SMILES string of the molecule is CCCN(CC#N)C(=O)c1cnc(Cl)c2ccccc12. The lowest BCUT2D eigenvalue weighted by Gasteiger charge is -2.19. The summed E-state index contributed by atoms with van der Waals surface area (Å²) in [5.41, 5.74) is 0.480. The van der Waals surface area contributed by atoms with Gasteiger partial charge in [0.1, 0.15) is 11.7 Å². The molecule has 0 bridgehead atoms. The van der Waals surface area contributed by atoms with Crippen molar-refractivity contribution in [1.82, 2.24) is 9.88 Å². The number of amides is 1. The second kappa shape index (κ2) is 6.36. The molecule has 0 saturated heterocycles. The van der Waals surface area contributed by atoms with Gasteiger partial charge in [-0.05, 0) is 11.8 Å². The van der Waals surface area contributed by atoms with Gasteiger partial charge in [-0.1, -0.05) is 42.8 Å². The average Bonchev–Trinajstić information content (AvgIpc) is 2.47. The molecule has 0 spiro atoms. The number of fused-ring (bicyclic) bond motifs is 1. The van der Waals surface area contributed by atoms with Gasteiger partial charge in [0.05, 0.1) is 11.6 Å². The van der Waals surface area contributed by atoms with Crippen LogP contribution in [0.2, 0.25) is 5.15 Å². The Morgan fingerprint density at radius 2 is 2.10 bits per heavy atom. The predicted octanol–water partition coefficient (Wildman–Crippen LogP) is 3.26. The second-order valence-corrected chi connectivity index (χ2v) is 4.75. The number of pyridine rings is 1. The summed E-state index contributed by atoms with van der Waals surface area (Å²) in [4.78, 5) is 18.1. The molecule has 0 fully saturated rings. The summed E-state index contributed by atoms with van der Waals surface area (Å²) in [5.74, 6) is -0.186. The molecule has 0 atom stereocenters. The highest BCUT2D eigenvalue weighted by Gasteiger charge is 2.18. The first-order valence-electron chi connectivity index (χ1n) is 6.38. The van der Waals surface area contributed by atoms with Crippen molar-refractivity contribution in [2.75, 3.05) is 13.1 Å². The first-order chi connectivity index (χ1) is 9.69. The quantitative estimate of drug-likeness (QED) is 0.640. The summed E-state index contributed by atoms with van der Waals surface area (Å²) < 4.78 is 0. The van der Waals surface area contributed by atoms with Crippen LogP contribution in [0, 0.1) is 11.3 Å². The number of rotatable bonds is 4. The van der Waals surface area contributed by atoms with Crippen molar-refractivity contribution in [2.45, 2.75) is 13.3 Å². The fourth-order valence-electron chi connectivity index (χ4n) is 2.11. The maximum absolute atomic E-state index is 12.5. The first-order valence-corrected chi connectivity index (χ1v) is 6.76. The molecule has 1 aromatic heterocycles. The van der Waals surface area contributed by atoms with Gasteiger partial charge in [0.2, 0.25) is 0 Å². The minimum absolute atomic E-state index is 0.0730.